The van der Waals surface area contributed by atoms with Gasteiger partial charge in [-0.1, -0.05) is 6.07 Å². The number of carbonyl (C=O) groups excluding carboxylic acids is 1. The van der Waals surface area contributed by atoms with Gasteiger partial charge in [-0.15, -0.1) is 0 Å². The highest BCUT2D eigenvalue weighted by atomic mass is 16.2. The smallest absolute Gasteiger partial charge is 0.245 e. The predicted molar refractivity (Wildman–Crippen MR) is 63.8 cm³/mol. The molecular formula is C11H17N5O. The van der Waals surface area contributed by atoms with Gasteiger partial charge in [0.2, 0.25) is 5.91 Å². The number of nitrogens with zero attached hydrogens (tertiary/aromatic N) is 2. The highest BCUT2D eigenvalue weighted by Gasteiger charge is 2.25. The molecule has 1 atom stereocenters. The van der Waals surface area contributed by atoms with Gasteiger partial charge in [0.15, 0.2) is 0 Å². The number of rotatable bonds is 3. The summed E-state index contributed by atoms with van der Waals surface area (Å²) in [6.07, 6.45) is 3.33. The highest BCUT2D eigenvalue weighted by Crippen LogP contribution is 2.14. The minimum absolute atomic E-state index is 0.00185. The molecule has 1 aliphatic heterocycles. The summed E-state index contributed by atoms with van der Waals surface area (Å²) in [6.45, 7) is 3.10. The Hall–Kier alpha value is -1.50. The van der Waals surface area contributed by atoms with Crippen LogP contribution < -0.4 is 16.6 Å². The number of carbonyl (C=O) groups is 1. The quantitative estimate of drug-likeness (QED) is 0.463. The Morgan fingerprint density at radius 3 is 2.88 bits per heavy atom. The highest BCUT2D eigenvalue weighted by molar-refractivity contribution is 5.83. The van der Waals surface area contributed by atoms with Crippen LogP contribution in [0.1, 0.15) is 11.6 Å². The van der Waals surface area contributed by atoms with E-state index in [-0.39, 0.29) is 5.91 Å². The molecule has 6 nitrogen and oxygen atoms in total. The van der Waals surface area contributed by atoms with Gasteiger partial charge < -0.3 is 10.2 Å². The number of hydrogen-bond acceptors (Lipinski definition) is 5. The third-order valence-corrected chi connectivity index (χ3v) is 2.86. The van der Waals surface area contributed by atoms with Gasteiger partial charge in [0.05, 0.1) is 0 Å². The average Bonchev–Trinajstić information content (AvgIpc) is 2.42. The fraction of sp³-hybridized carbons (Fsp3) is 0.455. The van der Waals surface area contributed by atoms with Crippen molar-refractivity contribution in [3.8, 4) is 0 Å². The van der Waals surface area contributed by atoms with Crippen molar-refractivity contribution in [2.24, 2.45) is 5.84 Å². The lowest BCUT2D eigenvalue weighted by Crippen LogP contribution is -2.51. The molecule has 1 saturated heterocycles. The van der Waals surface area contributed by atoms with Crippen molar-refractivity contribution in [2.75, 3.05) is 26.2 Å². The van der Waals surface area contributed by atoms with Gasteiger partial charge in [0.25, 0.3) is 0 Å². The summed E-state index contributed by atoms with van der Waals surface area (Å²) in [5.74, 6) is 5.47. The molecule has 2 heterocycles. The van der Waals surface area contributed by atoms with E-state index in [9.17, 15) is 4.79 Å². The van der Waals surface area contributed by atoms with E-state index in [1.165, 1.54) is 0 Å². The molecule has 0 saturated carbocycles. The lowest BCUT2D eigenvalue weighted by molar-refractivity contribution is -0.134. The van der Waals surface area contributed by atoms with Gasteiger partial charge in [-0.2, -0.15) is 0 Å². The molecule has 1 amide bonds. The molecule has 1 aliphatic rings. The molecular weight excluding hydrogens is 218 g/mol. The Balaban J connectivity index is 2.10. The van der Waals surface area contributed by atoms with Crippen LogP contribution in [0.4, 0.5) is 0 Å². The summed E-state index contributed by atoms with van der Waals surface area (Å²) in [7, 11) is 0. The number of amides is 1. The first-order chi connectivity index (χ1) is 8.33. The third kappa shape index (κ3) is 2.79. The van der Waals surface area contributed by atoms with Crippen LogP contribution in [0.25, 0.3) is 0 Å². The Morgan fingerprint density at radius 2 is 2.29 bits per heavy atom. The Bertz CT molecular complexity index is 363. The lowest BCUT2D eigenvalue weighted by atomic mass is 10.1. The van der Waals surface area contributed by atoms with Gasteiger partial charge in [-0.05, 0) is 11.6 Å². The topological polar surface area (TPSA) is 83.3 Å². The van der Waals surface area contributed by atoms with Crippen LogP contribution in [-0.2, 0) is 4.79 Å². The molecule has 2 rings (SSSR count). The monoisotopic (exact) mass is 235 g/mol. The average molecular weight is 235 g/mol. The molecule has 17 heavy (non-hydrogen) atoms. The number of hydrazine groups is 1. The van der Waals surface area contributed by atoms with Crippen LogP contribution in [0.5, 0.6) is 0 Å². The molecule has 6 heteroatoms. The van der Waals surface area contributed by atoms with E-state index in [1.54, 1.807) is 18.5 Å². The van der Waals surface area contributed by atoms with Gasteiger partial charge in [0.1, 0.15) is 6.04 Å². The summed E-state index contributed by atoms with van der Waals surface area (Å²) >= 11 is 0. The van der Waals surface area contributed by atoms with Crippen LogP contribution in [0.15, 0.2) is 24.5 Å². The van der Waals surface area contributed by atoms with Gasteiger partial charge in [-0.3, -0.25) is 15.6 Å². The van der Waals surface area contributed by atoms with Gasteiger partial charge in [0, 0.05) is 38.6 Å². The van der Waals surface area contributed by atoms with Crippen molar-refractivity contribution >= 4 is 5.91 Å². The van der Waals surface area contributed by atoms with Crippen LogP contribution in [0, 0.1) is 0 Å². The van der Waals surface area contributed by atoms with E-state index < -0.39 is 6.04 Å². The Morgan fingerprint density at radius 1 is 1.53 bits per heavy atom. The minimum atomic E-state index is -0.512. The maximum absolute atomic E-state index is 12.3. The maximum atomic E-state index is 12.3. The number of piperazine rings is 1. The van der Waals surface area contributed by atoms with Crippen LogP contribution in [0.2, 0.25) is 0 Å². The molecule has 1 aromatic heterocycles. The zero-order chi connectivity index (χ0) is 12.1. The normalized spacial score (nSPS) is 17.8. The molecule has 1 unspecified atom stereocenters. The standard InChI is InChI=1S/C11H17N5O/c12-15-10(9-2-1-3-14-8-9)11(17)16-6-4-13-5-7-16/h1-3,8,10,13,15H,4-7,12H2. The van der Waals surface area contributed by atoms with E-state index in [4.69, 9.17) is 5.84 Å². The van der Waals surface area contributed by atoms with E-state index in [2.05, 4.69) is 15.7 Å². The summed E-state index contributed by atoms with van der Waals surface area (Å²) in [6, 6.07) is 3.13. The zero-order valence-corrected chi connectivity index (χ0v) is 9.60. The van der Waals surface area contributed by atoms with Gasteiger partial charge in [-0.25, -0.2) is 5.43 Å². The predicted octanol–water partition coefficient (Wildman–Crippen LogP) is -0.982. The number of aromatic nitrogens is 1. The molecule has 0 aromatic carbocycles. The van der Waals surface area contributed by atoms with Crippen molar-refractivity contribution in [3.63, 3.8) is 0 Å². The molecule has 1 fully saturated rings. The summed E-state index contributed by atoms with van der Waals surface area (Å²) in [4.78, 5) is 18.1. The molecule has 4 N–H and O–H groups in total. The van der Waals surface area contributed by atoms with Crippen molar-refractivity contribution in [3.05, 3.63) is 30.1 Å². The lowest BCUT2D eigenvalue weighted by Gasteiger charge is -2.30. The molecule has 92 valence electrons. The van der Waals surface area contributed by atoms with Crippen LogP contribution in [-0.4, -0.2) is 42.0 Å². The second-order valence-electron chi connectivity index (χ2n) is 3.96. The molecule has 0 bridgehead atoms. The fourth-order valence-electron chi connectivity index (χ4n) is 1.92. The molecule has 1 aromatic rings. The van der Waals surface area contributed by atoms with E-state index in [0.29, 0.717) is 0 Å². The molecule has 0 spiro atoms. The number of hydrogen-bond donors (Lipinski definition) is 3. The Kier molecular flexibility index (Phi) is 4.03. The molecule has 0 aliphatic carbocycles. The van der Waals surface area contributed by atoms with Crippen LogP contribution in [0.3, 0.4) is 0 Å². The van der Waals surface area contributed by atoms with E-state index >= 15 is 0 Å². The second kappa shape index (κ2) is 5.72. The first-order valence-electron chi connectivity index (χ1n) is 5.68. The minimum Gasteiger partial charge on any atom is -0.338 e. The van der Waals surface area contributed by atoms with Crippen molar-refractivity contribution in [1.82, 2.24) is 20.6 Å². The van der Waals surface area contributed by atoms with Crippen molar-refractivity contribution in [2.45, 2.75) is 6.04 Å². The Labute approximate surface area is 100 Å². The number of nitrogens with one attached hydrogen (secondary N) is 2. The van der Waals surface area contributed by atoms with E-state index in [0.717, 1.165) is 31.7 Å². The maximum Gasteiger partial charge on any atom is 0.245 e. The SMILES string of the molecule is NNC(C(=O)N1CCNCC1)c1cccnc1. The van der Waals surface area contributed by atoms with Gasteiger partial charge >= 0.3 is 0 Å². The summed E-state index contributed by atoms with van der Waals surface area (Å²) in [5.41, 5.74) is 3.35. The van der Waals surface area contributed by atoms with Crippen molar-refractivity contribution in [1.29, 1.82) is 0 Å². The first-order valence-corrected chi connectivity index (χ1v) is 5.68. The molecule has 0 radical (unpaired) electrons. The van der Waals surface area contributed by atoms with Crippen LogP contribution >= 0.6 is 0 Å². The number of pyridine rings is 1. The third-order valence-electron chi connectivity index (χ3n) is 2.86. The van der Waals surface area contributed by atoms with E-state index in [1.807, 2.05) is 11.0 Å². The first kappa shape index (κ1) is 12.0. The fourth-order valence-corrected chi connectivity index (χ4v) is 1.92. The second-order valence-corrected chi connectivity index (χ2v) is 3.96. The summed E-state index contributed by atoms with van der Waals surface area (Å²) < 4.78 is 0. The number of nitrogens with two attached hydrogens (primary N) is 1. The summed E-state index contributed by atoms with van der Waals surface area (Å²) in [5, 5.41) is 3.21. The largest absolute Gasteiger partial charge is 0.338 e. The zero-order valence-electron chi connectivity index (χ0n) is 9.60. The van der Waals surface area contributed by atoms with Crippen molar-refractivity contribution < 1.29 is 4.79 Å².